The number of pyridine rings is 1. The Hall–Kier alpha value is -3.11. The topological polar surface area (TPSA) is 109 Å². The Labute approximate surface area is 174 Å². The van der Waals surface area contributed by atoms with E-state index in [2.05, 4.69) is 11.1 Å². The second-order valence-corrected chi connectivity index (χ2v) is 8.65. The Morgan fingerprint density at radius 1 is 1.14 bits per heavy atom. The van der Waals surface area contributed by atoms with E-state index in [4.69, 9.17) is 11.5 Å². The lowest BCUT2D eigenvalue weighted by Crippen LogP contribution is -2.41. The first-order chi connectivity index (χ1) is 13.7. The maximum Gasteiger partial charge on any atom is 0.266 e. The number of aromatic nitrogens is 1. The fourth-order valence-electron chi connectivity index (χ4n) is 3.63. The highest BCUT2D eigenvalue weighted by molar-refractivity contribution is 7.21. The third-order valence-electron chi connectivity index (χ3n) is 4.90. The molecule has 7 heteroatoms. The fraction of sp³-hybridized carbons (Fsp3) is 0.318. The third kappa shape index (κ3) is 3.52. The number of nitrogen functional groups attached to an aromatic ring is 2. The summed E-state index contributed by atoms with van der Waals surface area (Å²) in [6.45, 7) is 9.90. The lowest BCUT2D eigenvalue weighted by Gasteiger charge is -2.30. The van der Waals surface area contributed by atoms with Crippen molar-refractivity contribution >= 4 is 39.0 Å². The zero-order chi connectivity index (χ0) is 21.5. The van der Waals surface area contributed by atoms with E-state index in [-0.39, 0.29) is 29.4 Å². The van der Waals surface area contributed by atoms with Gasteiger partial charge < -0.3 is 16.4 Å². The number of thiophene rings is 1. The number of amides is 1. The number of carbonyl (C=O) groups is 1. The van der Waals surface area contributed by atoms with E-state index in [1.54, 1.807) is 4.90 Å². The lowest BCUT2D eigenvalue weighted by atomic mass is 9.96. The number of nitrogens with zero attached hydrogens (tertiary/aromatic N) is 3. The third-order valence-corrected chi connectivity index (χ3v) is 5.99. The molecule has 1 aromatic carbocycles. The minimum atomic E-state index is -0.137. The smallest absolute Gasteiger partial charge is 0.266 e. The minimum absolute atomic E-state index is 0.0244. The maximum absolute atomic E-state index is 13.3. The molecule has 2 heterocycles. The Morgan fingerprint density at radius 3 is 2.24 bits per heavy atom. The molecule has 0 bridgehead atoms. The van der Waals surface area contributed by atoms with Crippen LogP contribution in [0.2, 0.25) is 0 Å². The van der Waals surface area contributed by atoms with E-state index >= 15 is 0 Å². The molecule has 29 heavy (non-hydrogen) atoms. The number of rotatable bonds is 4. The van der Waals surface area contributed by atoms with Gasteiger partial charge in [-0.1, -0.05) is 29.8 Å². The van der Waals surface area contributed by atoms with E-state index in [0.717, 1.165) is 11.1 Å². The largest absolute Gasteiger partial charge is 0.397 e. The standard InChI is InChI=1S/C22H25N5OS/c1-11(2)27(12(3)4)22(28)19-18(24)17-16(14-8-6-13(5)7-9-14)15(10-23)20(25)26-21(17)29-19/h6-9,11-12H,24H2,1-5H3,(H2,25,26). The van der Waals surface area contributed by atoms with Crippen LogP contribution in [0.1, 0.15) is 48.5 Å². The van der Waals surface area contributed by atoms with E-state index in [0.29, 0.717) is 26.3 Å². The predicted octanol–water partition coefficient (Wildman–Crippen LogP) is 4.57. The number of hydrogen-bond acceptors (Lipinski definition) is 6. The van der Waals surface area contributed by atoms with Gasteiger partial charge >= 0.3 is 0 Å². The number of nitrogens with two attached hydrogens (primary N) is 2. The van der Waals surface area contributed by atoms with Gasteiger partial charge in [-0.25, -0.2) is 4.98 Å². The molecule has 2 aromatic heterocycles. The molecule has 3 rings (SSSR count). The normalized spacial score (nSPS) is 11.2. The van der Waals surface area contributed by atoms with Gasteiger partial charge in [0.2, 0.25) is 0 Å². The van der Waals surface area contributed by atoms with Crippen molar-refractivity contribution in [3.63, 3.8) is 0 Å². The van der Waals surface area contributed by atoms with Crippen LogP contribution >= 0.6 is 11.3 Å². The van der Waals surface area contributed by atoms with Crippen molar-refractivity contribution in [2.24, 2.45) is 0 Å². The number of carbonyl (C=O) groups excluding carboxylic acids is 1. The Morgan fingerprint density at radius 2 is 1.72 bits per heavy atom. The molecule has 4 N–H and O–H groups in total. The molecule has 0 aliphatic carbocycles. The van der Waals surface area contributed by atoms with Crippen molar-refractivity contribution in [3.05, 3.63) is 40.3 Å². The molecule has 3 aromatic rings. The molecule has 6 nitrogen and oxygen atoms in total. The Kier molecular flexibility index (Phi) is 5.49. The first-order valence-corrected chi connectivity index (χ1v) is 10.3. The maximum atomic E-state index is 13.3. The second-order valence-electron chi connectivity index (χ2n) is 7.65. The molecule has 0 radical (unpaired) electrons. The van der Waals surface area contributed by atoms with Gasteiger partial charge in [-0.05, 0) is 40.2 Å². The van der Waals surface area contributed by atoms with Gasteiger partial charge in [0.15, 0.2) is 0 Å². The summed E-state index contributed by atoms with van der Waals surface area (Å²) in [6, 6.07) is 10.00. The van der Waals surface area contributed by atoms with Crippen molar-refractivity contribution in [1.29, 1.82) is 5.26 Å². The highest BCUT2D eigenvalue weighted by Gasteiger charge is 2.29. The van der Waals surface area contributed by atoms with Gasteiger partial charge in [0.25, 0.3) is 5.91 Å². The van der Waals surface area contributed by atoms with Crippen LogP contribution in [-0.2, 0) is 0 Å². The second kappa shape index (κ2) is 7.72. The molecule has 0 aliphatic rings. The van der Waals surface area contributed by atoms with E-state index in [9.17, 15) is 10.1 Å². The van der Waals surface area contributed by atoms with Crippen LogP contribution in [-0.4, -0.2) is 27.9 Å². The van der Waals surface area contributed by atoms with Gasteiger partial charge in [0.05, 0.1) is 5.69 Å². The van der Waals surface area contributed by atoms with Crippen LogP contribution in [0, 0.1) is 18.3 Å². The van der Waals surface area contributed by atoms with Crippen LogP contribution < -0.4 is 11.5 Å². The summed E-state index contributed by atoms with van der Waals surface area (Å²) in [5.74, 6) is 0.00262. The summed E-state index contributed by atoms with van der Waals surface area (Å²) in [5, 5.41) is 10.3. The average molecular weight is 408 g/mol. The summed E-state index contributed by atoms with van der Waals surface area (Å²) in [5.41, 5.74) is 15.8. The van der Waals surface area contributed by atoms with Gasteiger partial charge in [0, 0.05) is 23.0 Å². The van der Waals surface area contributed by atoms with Crippen LogP contribution in [0.3, 0.4) is 0 Å². The summed E-state index contributed by atoms with van der Waals surface area (Å²) >= 11 is 1.22. The molecule has 0 saturated carbocycles. The zero-order valence-electron chi connectivity index (χ0n) is 17.3. The van der Waals surface area contributed by atoms with E-state index in [1.165, 1.54) is 11.3 Å². The quantitative estimate of drug-likeness (QED) is 0.658. The first kappa shape index (κ1) is 20.6. The molecule has 0 unspecified atom stereocenters. The fourth-order valence-corrected chi connectivity index (χ4v) is 4.69. The number of hydrogen-bond donors (Lipinski definition) is 2. The lowest BCUT2D eigenvalue weighted by molar-refractivity contribution is 0.0650. The Bertz CT molecular complexity index is 1120. The summed E-state index contributed by atoms with van der Waals surface area (Å²) in [6.07, 6.45) is 0. The number of benzene rings is 1. The van der Waals surface area contributed by atoms with Crippen LogP contribution in [0.4, 0.5) is 11.5 Å². The van der Waals surface area contributed by atoms with Crippen molar-refractivity contribution in [1.82, 2.24) is 9.88 Å². The summed E-state index contributed by atoms with van der Waals surface area (Å²) in [7, 11) is 0. The Balaban J connectivity index is 2.33. The first-order valence-electron chi connectivity index (χ1n) is 9.48. The van der Waals surface area contributed by atoms with Gasteiger partial charge in [0.1, 0.15) is 27.2 Å². The number of aryl methyl sites for hydroxylation is 1. The molecular formula is C22H25N5OS. The SMILES string of the molecule is Cc1ccc(-c2c(C#N)c(N)nc3sc(C(=O)N(C(C)C)C(C)C)c(N)c23)cc1. The van der Waals surface area contributed by atoms with Crippen molar-refractivity contribution in [3.8, 4) is 17.2 Å². The van der Waals surface area contributed by atoms with Crippen LogP contribution in [0.15, 0.2) is 24.3 Å². The van der Waals surface area contributed by atoms with Crippen LogP contribution in [0.25, 0.3) is 21.3 Å². The molecule has 150 valence electrons. The molecule has 1 amide bonds. The minimum Gasteiger partial charge on any atom is -0.397 e. The highest BCUT2D eigenvalue weighted by Crippen LogP contribution is 2.43. The molecule has 0 spiro atoms. The molecular weight excluding hydrogens is 382 g/mol. The van der Waals surface area contributed by atoms with Crippen molar-refractivity contribution < 1.29 is 4.79 Å². The van der Waals surface area contributed by atoms with Gasteiger partial charge in [-0.3, -0.25) is 4.79 Å². The molecule has 0 saturated heterocycles. The molecule has 0 aliphatic heterocycles. The monoisotopic (exact) mass is 407 g/mol. The number of anilines is 2. The summed E-state index contributed by atoms with van der Waals surface area (Å²) in [4.78, 5) is 20.5. The summed E-state index contributed by atoms with van der Waals surface area (Å²) < 4.78 is 0. The number of fused-ring (bicyclic) bond motifs is 1. The van der Waals surface area contributed by atoms with Gasteiger partial charge in [-0.2, -0.15) is 5.26 Å². The van der Waals surface area contributed by atoms with Crippen molar-refractivity contribution in [2.75, 3.05) is 11.5 Å². The molecule has 0 fully saturated rings. The van der Waals surface area contributed by atoms with Crippen LogP contribution in [0.5, 0.6) is 0 Å². The average Bonchev–Trinajstić information content (AvgIpc) is 2.97. The van der Waals surface area contributed by atoms with Crippen molar-refractivity contribution in [2.45, 2.75) is 46.7 Å². The predicted molar refractivity (Wildman–Crippen MR) is 120 cm³/mol. The van der Waals surface area contributed by atoms with Gasteiger partial charge in [-0.15, -0.1) is 11.3 Å². The van der Waals surface area contributed by atoms with E-state index in [1.807, 2.05) is 58.9 Å². The highest BCUT2D eigenvalue weighted by atomic mass is 32.1. The van der Waals surface area contributed by atoms with E-state index < -0.39 is 0 Å². The number of nitriles is 1. The zero-order valence-corrected chi connectivity index (χ0v) is 18.1. The molecule has 0 atom stereocenters.